The lowest BCUT2D eigenvalue weighted by Gasteiger charge is -2.23. The number of rotatable bonds is 3. The van der Waals surface area contributed by atoms with Gasteiger partial charge in [0.05, 0.1) is 5.69 Å². The van der Waals surface area contributed by atoms with E-state index in [9.17, 15) is 5.11 Å². The zero-order valence-electron chi connectivity index (χ0n) is 10.9. The molecule has 1 aromatic carbocycles. The average molecular weight is 233 g/mol. The van der Waals surface area contributed by atoms with Crippen molar-refractivity contribution in [3.63, 3.8) is 0 Å². The third kappa shape index (κ3) is 2.93. The van der Waals surface area contributed by atoms with Crippen molar-refractivity contribution in [2.24, 2.45) is 5.92 Å². The molecule has 0 atom stereocenters. The molecule has 2 nitrogen and oxygen atoms in total. The Balaban J connectivity index is 2.12. The third-order valence-corrected chi connectivity index (χ3v) is 3.81. The molecular formula is C15H23NO. The Hall–Kier alpha value is -1.18. The summed E-state index contributed by atoms with van der Waals surface area (Å²) >= 11 is 0. The van der Waals surface area contributed by atoms with Gasteiger partial charge in [-0.2, -0.15) is 0 Å². The lowest BCUT2D eigenvalue weighted by molar-refractivity contribution is 0.351. The van der Waals surface area contributed by atoms with Crippen molar-refractivity contribution in [1.82, 2.24) is 0 Å². The Bertz CT molecular complexity index is 367. The Labute approximate surface area is 104 Å². The largest absolute Gasteiger partial charge is 0.505 e. The van der Waals surface area contributed by atoms with Crippen LogP contribution in [0.1, 0.15) is 37.7 Å². The number of para-hydroxylation sites is 1. The molecule has 0 heterocycles. The number of hydrogen-bond acceptors (Lipinski definition) is 2. The minimum Gasteiger partial charge on any atom is -0.505 e. The van der Waals surface area contributed by atoms with Gasteiger partial charge in [0, 0.05) is 14.1 Å². The lowest BCUT2D eigenvalue weighted by Crippen LogP contribution is -2.12. The van der Waals surface area contributed by atoms with Crippen LogP contribution in [0.5, 0.6) is 5.75 Å². The molecule has 0 bridgehead atoms. The van der Waals surface area contributed by atoms with Gasteiger partial charge in [-0.05, 0) is 24.0 Å². The van der Waals surface area contributed by atoms with Crippen LogP contribution in [0, 0.1) is 5.92 Å². The standard InChI is InChI=1S/C15H23NO/c1-16(2)14-10-6-9-13(15(14)17)11-12-7-4-3-5-8-12/h6,9-10,12,17H,3-5,7-8,11H2,1-2H3. The zero-order valence-corrected chi connectivity index (χ0v) is 10.9. The van der Waals surface area contributed by atoms with Crippen LogP contribution >= 0.6 is 0 Å². The van der Waals surface area contributed by atoms with Crippen LogP contribution in [-0.2, 0) is 6.42 Å². The van der Waals surface area contributed by atoms with Crippen LogP contribution in [-0.4, -0.2) is 19.2 Å². The molecular weight excluding hydrogens is 210 g/mol. The Morgan fingerprint density at radius 3 is 2.53 bits per heavy atom. The van der Waals surface area contributed by atoms with Crippen molar-refractivity contribution in [2.45, 2.75) is 38.5 Å². The highest BCUT2D eigenvalue weighted by Gasteiger charge is 2.17. The van der Waals surface area contributed by atoms with Gasteiger partial charge >= 0.3 is 0 Å². The summed E-state index contributed by atoms with van der Waals surface area (Å²) < 4.78 is 0. The predicted molar refractivity (Wildman–Crippen MR) is 72.7 cm³/mol. The first-order valence-corrected chi connectivity index (χ1v) is 6.66. The fourth-order valence-corrected chi connectivity index (χ4v) is 2.81. The molecule has 1 aliphatic rings. The maximum atomic E-state index is 10.2. The monoisotopic (exact) mass is 233 g/mol. The van der Waals surface area contributed by atoms with E-state index in [1.54, 1.807) is 0 Å². The quantitative estimate of drug-likeness (QED) is 0.862. The highest BCUT2D eigenvalue weighted by atomic mass is 16.3. The number of hydrogen-bond donors (Lipinski definition) is 1. The zero-order chi connectivity index (χ0) is 12.3. The molecule has 0 aliphatic heterocycles. The normalized spacial score (nSPS) is 17.1. The number of phenolic OH excluding ortho intramolecular Hbond substituents is 1. The van der Waals surface area contributed by atoms with Crippen LogP contribution in [0.2, 0.25) is 0 Å². The first-order chi connectivity index (χ1) is 8.18. The second-order valence-electron chi connectivity index (χ2n) is 5.39. The van der Waals surface area contributed by atoms with E-state index in [0.29, 0.717) is 5.75 Å². The fourth-order valence-electron chi connectivity index (χ4n) is 2.81. The van der Waals surface area contributed by atoms with E-state index in [0.717, 1.165) is 23.6 Å². The molecule has 1 N–H and O–H groups in total. The van der Waals surface area contributed by atoms with E-state index >= 15 is 0 Å². The SMILES string of the molecule is CN(C)c1cccc(CC2CCCCC2)c1O. The van der Waals surface area contributed by atoms with Gasteiger partial charge in [-0.15, -0.1) is 0 Å². The van der Waals surface area contributed by atoms with Gasteiger partial charge in [0.1, 0.15) is 5.75 Å². The van der Waals surface area contributed by atoms with Gasteiger partial charge in [-0.1, -0.05) is 44.2 Å². The minimum absolute atomic E-state index is 0.475. The van der Waals surface area contributed by atoms with E-state index < -0.39 is 0 Å². The summed E-state index contributed by atoms with van der Waals surface area (Å²) in [6.07, 6.45) is 7.79. The van der Waals surface area contributed by atoms with E-state index in [1.807, 2.05) is 31.1 Å². The van der Waals surface area contributed by atoms with Crippen molar-refractivity contribution in [2.75, 3.05) is 19.0 Å². The second kappa shape index (κ2) is 5.44. The first-order valence-electron chi connectivity index (χ1n) is 6.66. The summed E-state index contributed by atoms with van der Waals surface area (Å²) in [5.74, 6) is 1.25. The molecule has 0 saturated heterocycles. The molecule has 1 saturated carbocycles. The van der Waals surface area contributed by atoms with Crippen LogP contribution in [0.3, 0.4) is 0 Å². The van der Waals surface area contributed by atoms with Crippen molar-refractivity contribution in [1.29, 1.82) is 0 Å². The predicted octanol–water partition coefficient (Wildman–Crippen LogP) is 3.58. The Morgan fingerprint density at radius 2 is 1.88 bits per heavy atom. The molecule has 0 amide bonds. The maximum Gasteiger partial charge on any atom is 0.142 e. The summed E-state index contributed by atoms with van der Waals surface area (Å²) in [5, 5.41) is 10.2. The molecule has 1 aromatic rings. The van der Waals surface area contributed by atoms with E-state index in [1.165, 1.54) is 32.1 Å². The summed E-state index contributed by atoms with van der Waals surface area (Å²) in [6, 6.07) is 6.09. The van der Waals surface area contributed by atoms with Crippen molar-refractivity contribution in [3.05, 3.63) is 23.8 Å². The number of benzene rings is 1. The maximum absolute atomic E-state index is 10.2. The summed E-state index contributed by atoms with van der Waals surface area (Å²) in [6.45, 7) is 0. The van der Waals surface area contributed by atoms with Crippen LogP contribution in [0.4, 0.5) is 5.69 Å². The number of anilines is 1. The Kier molecular flexibility index (Phi) is 3.93. The van der Waals surface area contributed by atoms with Crippen molar-refractivity contribution < 1.29 is 5.11 Å². The first kappa shape index (κ1) is 12.3. The second-order valence-corrected chi connectivity index (χ2v) is 5.39. The van der Waals surface area contributed by atoms with E-state index in [2.05, 4.69) is 6.07 Å². The van der Waals surface area contributed by atoms with Gasteiger partial charge in [0.25, 0.3) is 0 Å². The molecule has 17 heavy (non-hydrogen) atoms. The molecule has 2 heteroatoms. The average Bonchev–Trinajstić information content (AvgIpc) is 2.33. The molecule has 1 fully saturated rings. The number of phenols is 1. The molecule has 0 radical (unpaired) electrons. The van der Waals surface area contributed by atoms with Gasteiger partial charge < -0.3 is 10.0 Å². The van der Waals surface area contributed by atoms with Crippen LogP contribution in [0.25, 0.3) is 0 Å². The molecule has 94 valence electrons. The van der Waals surface area contributed by atoms with E-state index in [4.69, 9.17) is 0 Å². The third-order valence-electron chi connectivity index (χ3n) is 3.81. The number of nitrogens with zero attached hydrogens (tertiary/aromatic N) is 1. The van der Waals surface area contributed by atoms with Crippen molar-refractivity contribution in [3.8, 4) is 5.75 Å². The fraction of sp³-hybridized carbons (Fsp3) is 0.600. The van der Waals surface area contributed by atoms with Gasteiger partial charge in [0.15, 0.2) is 0 Å². The van der Waals surface area contributed by atoms with E-state index in [-0.39, 0.29) is 0 Å². The van der Waals surface area contributed by atoms with Gasteiger partial charge in [-0.3, -0.25) is 0 Å². The summed E-state index contributed by atoms with van der Waals surface area (Å²) in [4.78, 5) is 1.97. The molecule has 2 rings (SSSR count). The Morgan fingerprint density at radius 1 is 1.18 bits per heavy atom. The molecule has 0 spiro atoms. The van der Waals surface area contributed by atoms with Crippen LogP contribution in [0.15, 0.2) is 18.2 Å². The minimum atomic E-state index is 0.475. The molecule has 0 unspecified atom stereocenters. The number of aromatic hydroxyl groups is 1. The molecule has 0 aromatic heterocycles. The van der Waals surface area contributed by atoms with Crippen molar-refractivity contribution >= 4 is 5.69 Å². The smallest absolute Gasteiger partial charge is 0.142 e. The van der Waals surface area contributed by atoms with Gasteiger partial charge in [-0.25, -0.2) is 0 Å². The highest BCUT2D eigenvalue weighted by Crippen LogP contribution is 2.34. The summed E-state index contributed by atoms with van der Waals surface area (Å²) in [5.41, 5.74) is 2.04. The lowest BCUT2D eigenvalue weighted by atomic mass is 9.84. The van der Waals surface area contributed by atoms with Crippen LogP contribution < -0.4 is 4.90 Å². The topological polar surface area (TPSA) is 23.5 Å². The molecule has 1 aliphatic carbocycles. The van der Waals surface area contributed by atoms with Gasteiger partial charge in [0.2, 0.25) is 0 Å². The highest BCUT2D eigenvalue weighted by molar-refractivity contribution is 5.60. The summed E-state index contributed by atoms with van der Waals surface area (Å²) in [7, 11) is 3.94.